The molecule has 2 amide bonds. The molecule has 2 aromatic carbocycles. The van der Waals surface area contributed by atoms with Crippen LogP contribution >= 0.6 is 15.9 Å². The molecule has 0 aromatic heterocycles. The fourth-order valence-corrected chi connectivity index (χ4v) is 3.44. The highest BCUT2D eigenvalue weighted by molar-refractivity contribution is 9.10. The molecule has 0 saturated carbocycles. The van der Waals surface area contributed by atoms with Gasteiger partial charge >= 0.3 is 6.03 Å². The first-order valence-corrected chi connectivity index (χ1v) is 8.57. The Morgan fingerprint density at radius 3 is 2.83 bits per heavy atom. The van der Waals surface area contributed by atoms with Crippen LogP contribution in [0.4, 0.5) is 16.2 Å². The summed E-state index contributed by atoms with van der Waals surface area (Å²) in [5.41, 5.74) is 4.07. The van der Waals surface area contributed by atoms with Gasteiger partial charge < -0.3 is 20.3 Å². The summed E-state index contributed by atoms with van der Waals surface area (Å²) >= 11 is 3.42. The molecule has 5 nitrogen and oxygen atoms in total. The van der Waals surface area contributed by atoms with Crippen LogP contribution in [-0.4, -0.2) is 31.6 Å². The second-order valence-electron chi connectivity index (χ2n) is 5.86. The highest BCUT2D eigenvalue weighted by Crippen LogP contribution is 2.28. The Balaban J connectivity index is 1.72. The molecule has 1 aliphatic rings. The number of urea groups is 1. The maximum atomic E-state index is 12.3. The summed E-state index contributed by atoms with van der Waals surface area (Å²) in [4.78, 5) is 14.6. The van der Waals surface area contributed by atoms with Crippen LogP contribution in [-0.2, 0) is 13.0 Å². The van der Waals surface area contributed by atoms with Gasteiger partial charge in [0, 0.05) is 24.5 Å². The number of amides is 2. The zero-order chi connectivity index (χ0) is 17.1. The molecule has 2 N–H and O–H groups in total. The fraction of sp³-hybridized carbons (Fsp3) is 0.278. The van der Waals surface area contributed by atoms with E-state index >= 15 is 0 Å². The van der Waals surface area contributed by atoms with Crippen LogP contribution in [0.15, 0.2) is 40.9 Å². The number of hydrogen-bond donors (Lipinski definition) is 2. The Labute approximate surface area is 150 Å². The number of carbonyl (C=O) groups excluding carboxylic acids is 1. The molecule has 1 heterocycles. The maximum Gasteiger partial charge on any atom is 0.323 e. The van der Waals surface area contributed by atoms with E-state index in [0.717, 1.165) is 35.4 Å². The number of likely N-dealkylation sites (N-methyl/N-ethyl adjacent to an activating group) is 1. The van der Waals surface area contributed by atoms with E-state index in [1.807, 2.05) is 18.2 Å². The first-order valence-electron chi connectivity index (χ1n) is 7.77. The van der Waals surface area contributed by atoms with E-state index in [-0.39, 0.29) is 6.03 Å². The minimum absolute atomic E-state index is 0.251. The second-order valence-corrected chi connectivity index (χ2v) is 6.71. The number of benzene rings is 2. The number of halogens is 1. The normalized spacial score (nSPS) is 14.0. The van der Waals surface area contributed by atoms with E-state index in [9.17, 15) is 4.79 Å². The third-order valence-electron chi connectivity index (χ3n) is 4.11. The standard InChI is InChI=1S/C18H20BrN3O2/c1-22-9-8-14-12(11-22)4-3-5-16(14)21-18(23)20-13-6-7-17(24-2)15(19)10-13/h3-7,10H,8-9,11H2,1-2H3,(H2,20,21,23). The molecule has 0 fully saturated rings. The average molecular weight is 390 g/mol. The van der Waals surface area contributed by atoms with Gasteiger partial charge in [0.25, 0.3) is 0 Å². The molecule has 0 spiro atoms. The molecule has 0 radical (unpaired) electrons. The summed E-state index contributed by atoms with van der Waals surface area (Å²) < 4.78 is 5.99. The van der Waals surface area contributed by atoms with Gasteiger partial charge in [0.05, 0.1) is 11.6 Å². The van der Waals surface area contributed by atoms with Gasteiger partial charge in [-0.15, -0.1) is 0 Å². The molecular weight excluding hydrogens is 370 g/mol. The number of rotatable bonds is 3. The molecule has 24 heavy (non-hydrogen) atoms. The lowest BCUT2D eigenvalue weighted by atomic mass is 9.98. The molecule has 2 aromatic rings. The number of ether oxygens (including phenoxy) is 1. The fourth-order valence-electron chi connectivity index (χ4n) is 2.90. The monoisotopic (exact) mass is 389 g/mol. The van der Waals surface area contributed by atoms with E-state index in [0.29, 0.717) is 5.69 Å². The van der Waals surface area contributed by atoms with Crippen LogP contribution in [0.1, 0.15) is 11.1 Å². The Morgan fingerprint density at radius 1 is 1.25 bits per heavy atom. The predicted octanol–water partition coefficient (Wildman–Crippen LogP) is 4.09. The SMILES string of the molecule is COc1ccc(NC(=O)Nc2cccc3c2CCN(C)C3)cc1Br. The first-order chi connectivity index (χ1) is 11.6. The lowest BCUT2D eigenvalue weighted by molar-refractivity contribution is 0.262. The number of anilines is 2. The van der Waals surface area contributed by atoms with Gasteiger partial charge in [-0.05, 0) is 64.8 Å². The minimum atomic E-state index is -0.251. The van der Waals surface area contributed by atoms with E-state index < -0.39 is 0 Å². The molecule has 0 aliphatic carbocycles. The van der Waals surface area contributed by atoms with Crippen molar-refractivity contribution in [1.29, 1.82) is 0 Å². The van der Waals surface area contributed by atoms with E-state index in [4.69, 9.17) is 4.74 Å². The molecule has 3 rings (SSSR count). The summed E-state index contributed by atoms with van der Waals surface area (Å²) in [6.45, 7) is 1.91. The third-order valence-corrected chi connectivity index (χ3v) is 4.73. The largest absolute Gasteiger partial charge is 0.496 e. The van der Waals surface area contributed by atoms with Crippen molar-refractivity contribution in [2.75, 3.05) is 31.3 Å². The lowest BCUT2D eigenvalue weighted by Crippen LogP contribution is -2.28. The second kappa shape index (κ2) is 7.23. The molecule has 1 aliphatic heterocycles. The summed E-state index contributed by atoms with van der Waals surface area (Å²) in [6.07, 6.45) is 0.941. The Morgan fingerprint density at radius 2 is 2.08 bits per heavy atom. The van der Waals surface area contributed by atoms with Crippen molar-refractivity contribution < 1.29 is 9.53 Å². The van der Waals surface area contributed by atoms with Gasteiger partial charge in [-0.25, -0.2) is 4.79 Å². The number of carbonyl (C=O) groups is 1. The van der Waals surface area contributed by atoms with Crippen LogP contribution in [0.2, 0.25) is 0 Å². The molecule has 0 bridgehead atoms. The maximum absolute atomic E-state index is 12.3. The van der Waals surface area contributed by atoms with Gasteiger partial charge in [0.15, 0.2) is 0 Å². The van der Waals surface area contributed by atoms with E-state index in [2.05, 4.69) is 44.6 Å². The Hall–Kier alpha value is -2.05. The van der Waals surface area contributed by atoms with Crippen LogP contribution in [0, 0.1) is 0 Å². The lowest BCUT2D eigenvalue weighted by Gasteiger charge is -2.26. The van der Waals surface area contributed by atoms with Gasteiger partial charge in [-0.3, -0.25) is 0 Å². The molecule has 6 heteroatoms. The quantitative estimate of drug-likeness (QED) is 0.830. The Kier molecular flexibility index (Phi) is 5.06. The molecule has 0 saturated heterocycles. The van der Waals surface area contributed by atoms with Gasteiger partial charge in [-0.1, -0.05) is 12.1 Å². The summed E-state index contributed by atoms with van der Waals surface area (Å²) in [6, 6.07) is 11.2. The first kappa shape index (κ1) is 16.8. The molecule has 0 atom stereocenters. The topological polar surface area (TPSA) is 53.6 Å². The average Bonchev–Trinajstić information content (AvgIpc) is 2.55. The van der Waals surface area contributed by atoms with E-state index in [1.165, 1.54) is 11.1 Å². The summed E-state index contributed by atoms with van der Waals surface area (Å²) in [5.74, 6) is 0.724. The van der Waals surface area contributed by atoms with Crippen LogP contribution in [0.5, 0.6) is 5.75 Å². The van der Waals surface area contributed by atoms with Crippen molar-refractivity contribution in [2.24, 2.45) is 0 Å². The van der Waals surface area contributed by atoms with Gasteiger partial charge in [0.1, 0.15) is 5.75 Å². The zero-order valence-electron chi connectivity index (χ0n) is 13.7. The number of nitrogens with zero attached hydrogens (tertiary/aromatic N) is 1. The van der Waals surface area contributed by atoms with Crippen molar-refractivity contribution in [3.8, 4) is 5.75 Å². The van der Waals surface area contributed by atoms with Crippen LogP contribution in [0.25, 0.3) is 0 Å². The van der Waals surface area contributed by atoms with Crippen molar-refractivity contribution in [3.05, 3.63) is 52.0 Å². The minimum Gasteiger partial charge on any atom is -0.496 e. The van der Waals surface area contributed by atoms with Gasteiger partial charge in [0.2, 0.25) is 0 Å². The van der Waals surface area contributed by atoms with Crippen molar-refractivity contribution >= 4 is 33.3 Å². The third kappa shape index (κ3) is 3.71. The van der Waals surface area contributed by atoms with Crippen LogP contribution in [0.3, 0.4) is 0 Å². The highest BCUT2D eigenvalue weighted by atomic mass is 79.9. The highest BCUT2D eigenvalue weighted by Gasteiger charge is 2.17. The predicted molar refractivity (Wildman–Crippen MR) is 99.8 cm³/mol. The number of hydrogen-bond acceptors (Lipinski definition) is 3. The summed E-state index contributed by atoms with van der Waals surface area (Å²) in [5, 5.41) is 5.82. The van der Waals surface area contributed by atoms with Crippen LogP contribution < -0.4 is 15.4 Å². The molecule has 0 unspecified atom stereocenters. The number of methoxy groups -OCH3 is 1. The number of fused-ring (bicyclic) bond motifs is 1. The molecular formula is C18H20BrN3O2. The van der Waals surface area contributed by atoms with Gasteiger partial charge in [-0.2, -0.15) is 0 Å². The smallest absolute Gasteiger partial charge is 0.323 e. The summed E-state index contributed by atoms with van der Waals surface area (Å²) in [7, 11) is 3.72. The number of nitrogens with one attached hydrogen (secondary N) is 2. The van der Waals surface area contributed by atoms with Crippen molar-refractivity contribution in [3.63, 3.8) is 0 Å². The van der Waals surface area contributed by atoms with E-state index in [1.54, 1.807) is 19.2 Å². The van der Waals surface area contributed by atoms with Crippen molar-refractivity contribution in [2.45, 2.75) is 13.0 Å². The van der Waals surface area contributed by atoms with Crippen molar-refractivity contribution in [1.82, 2.24) is 4.90 Å². The molecule has 126 valence electrons. The Bertz CT molecular complexity index is 764. The zero-order valence-corrected chi connectivity index (χ0v) is 15.3.